The molecule has 1 aromatic heterocycles. The average molecular weight is 336 g/mol. The van der Waals surface area contributed by atoms with Gasteiger partial charge in [-0.15, -0.1) is 5.10 Å². The van der Waals surface area contributed by atoms with Crippen LogP contribution in [0.4, 0.5) is 5.00 Å². The van der Waals surface area contributed by atoms with Gasteiger partial charge in [0.1, 0.15) is 18.1 Å². The van der Waals surface area contributed by atoms with Crippen molar-refractivity contribution in [1.82, 2.24) is 9.59 Å². The van der Waals surface area contributed by atoms with E-state index in [0.717, 1.165) is 4.47 Å². The largest absolute Gasteiger partial charge is 0.486 e. The van der Waals surface area contributed by atoms with Gasteiger partial charge in [0.25, 0.3) is 0 Å². The molecule has 3 N–H and O–H groups in total. The van der Waals surface area contributed by atoms with Crippen LogP contribution in [0.5, 0.6) is 5.75 Å². The number of nitrogen functional groups attached to an aromatic ring is 1. The quantitative estimate of drug-likeness (QED) is 0.664. The first kappa shape index (κ1) is 12.6. The first-order valence-electron chi connectivity index (χ1n) is 4.56. The summed E-state index contributed by atoms with van der Waals surface area (Å²) in [5.41, 5.74) is 3.16. The molecule has 2 rings (SSSR count). The van der Waals surface area contributed by atoms with Crippen LogP contribution in [0, 0.1) is 0 Å². The summed E-state index contributed by atoms with van der Waals surface area (Å²) in [6, 6.07) is 5.39. The normalized spacial score (nSPS) is 10.3. The third kappa shape index (κ3) is 3.06. The van der Waals surface area contributed by atoms with E-state index in [4.69, 9.17) is 22.2 Å². The predicted molar refractivity (Wildman–Crippen MR) is 71.2 cm³/mol. The molecule has 0 radical (unpaired) electrons. The van der Waals surface area contributed by atoms with E-state index in [2.05, 4.69) is 30.9 Å². The summed E-state index contributed by atoms with van der Waals surface area (Å²) in [6.07, 6.45) is 0. The summed E-state index contributed by atoms with van der Waals surface area (Å²) >= 11 is 10.5. The lowest BCUT2D eigenvalue weighted by molar-refractivity contribution is 0.302. The Morgan fingerprint density at radius 3 is 3.06 bits per heavy atom. The first-order chi connectivity index (χ1) is 8.20. The van der Waals surface area contributed by atoms with Crippen LogP contribution in [0.15, 0.2) is 22.7 Å². The van der Waals surface area contributed by atoms with E-state index >= 15 is 0 Å². The number of ether oxygens (including phenoxy) is 1. The molecule has 8 heteroatoms. The van der Waals surface area contributed by atoms with Gasteiger partial charge >= 0.3 is 0 Å². The van der Waals surface area contributed by atoms with Crippen molar-refractivity contribution in [2.24, 2.45) is 5.84 Å². The molecule has 0 aliphatic carbocycles. The minimum Gasteiger partial charge on any atom is -0.486 e. The van der Waals surface area contributed by atoms with Crippen LogP contribution in [0.25, 0.3) is 0 Å². The minimum absolute atomic E-state index is 0.261. The summed E-state index contributed by atoms with van der Waals surface area (Å²) in [7, 11) is 0. The van der Waals surface area contributed by atoms with Crippen LogP contribution in [-0.4, -0.2) is 9.59 Å². The predicted octanol–water partition coefficient (Wildman–Crippen LogP) is 2.82. The number of nitrogens with zero attached hydrogens (tertiary/aromatic N) is 2. The Bertz CT molecular complexity index is 521. The summed E-state index contributed by atoms with van der Waals surface area (Å²) in [5, 5.41) is 5.11. The first-order valence-corrected chi connectivity index (χ1v) is 6.51. The summed E-state index contributed by atoms with van der Waals surface area (Å²) in [5.74, 6) is 5.90. The molecule has 0 unspecified atom stereocenters. The molecule has 0 aliphatic rings. The molecule has 0 atom stereocenters. The van der Waals surface area contributed by atoms with Gasteiger partial charge in [-0.3, -0.25) is 0 Å². The maximum atomic E-state index is 6.01. The second-order valence-corrected chi connectivity index (χ2v) is 5.13. The van der Waals surface area contributed by atoms with Crippen LogP contribution in [0.2, 0.25) is 5.02 Å². The third-order valence-electron chi connectivity index (χ3n) is 1.95. The lowest BCUT2D eigenvalue weighted by atomic mass is 10.3. The number of hydrazine groups is 1. The fraction of sp³-hybridized carbons (Fsp3) is 0.111. The fourth-order valence-corrected chi connectivity index (χ4v) is 2.36. The van der Waals surface area contributed by atoms with Crippen molar-refractivity contribution in [1.29, 1.82) is 0 Å². The van der Waals surface area contributed by atoms with Gasteiger partial charge in [-0.25, -0.2) is 5.84 Å². The molecule has 0 saturated carbocycles. The third-order valence-corrected chi connectivity index (χ3v) is 3.43. The van der Waals surface area contributed by atoms with Crippen LogP contribution in [0.3, 0.4) is 0 Å². The van der Waals surface area contributed by atoms with E-state index in [1.807, 2.05) is 6.07 Å². The Balaban J connectivity index is 2.07. The monoisotopic (exact) mass is 334 g/mol. The summed E-state index contributed by atoms with van der Waals surface area (Å²) in [6.45, 7) is 0.261. The van der Waals surface area contributed by atoms with E-state index in [9.17, 15) is 0 Å². The molecular weight excluding hydrogens is 328 g/mol. The van der Waals surface area contributed by atoms with Crippen molar-refractivity contribution in [3.8, 4) is 5.75 Å². The van der Waals surface area contributed by atoms with Crippen molar-refractivity contribution in [2.45, 2.75) is 6.61 Å². The highest BCUT2D eigenvalue weighted by atomic mass is 79.9. The highest BCUT2D eigenvalue weighted by Gasteiger charge is 2.09. The minimum atomic E-state index is 0.261. The zero-order valence-corrected chi connectivity index (χ0v) is 11.6. The zero-order valence-electron chi connectivity index (χ0n) is 8.48. The maximum Gasteiger partial charge on any atom is 0.150 e. The smallest absolute Gasteiger partial charge is 0.150 e. The molecule has 0 saturated heterocycles. The van der Waals surface area contributed by atoms with Crippen molar-refractivity contribution in [3.05, 3.63) is 33.4 Å². The molecule has 90 valence electrons. The fourth-order valence-electron chi connectivity index (χ4n) is 1.15. The van der Waals surface area contributed by atoms with Gasteiger partial charge in [0.15, 0.2) is 5.00 Å². The molecule has 0 amide bonds. The Morgan fingerprint density at radius 2 is 2.35 bits per heavy atom. The van der Waals surface area contributed by atoms with Crippen LogP contribution < -0.4 is 16.0 Å². The van der Waals surface area contributed by atoms with Gasteiger partial charge in [-0.2, -0.15) is 0 Å². The highest BCUT2D eigenvalue weighted by molar-refractivity contribution is 9.10. The Morgan fingerprint density at radius 1 is 1.53 bits per heavy atom. The van der Waals surface area contributed by atoms with Crippen molar-refractivity contribution in [2.75, 3.05) is 5.43 Å². The van der Waals surface area contributed by atoms with Crippen LogP contribution >= 0.6 is 39.1 Å². The topological polar surface area (TPSA) is 73.1 Å². The van der Waals surface area contributed by atoms with E-state index in [1.165, 1.54) is 11.5 Å². The van der Waals surface area contributed by atoms with Gasteiger partial charge in [-0.1, -0.05) is 32.0 Å². The number of hydrogen-bond donors (Lipinski definition) is 2. The van der Waals surface area contributed by atoms with Gasteiger partial charge in [0.05, 0.1) is 5.02 Å². The number of aromatic nitrogens is 2. The Hall–Kier alpha value is -0.890. The molecule has 0 aliphatic heterocycles. The number of halogens is 2. The van der Waals surface area contributed by atoms with E-state index in [1.54, 1.807) is 12.1 Å². The van der Waals surface area contributed by atoms with E-state index < -0.39 is 0 Å². The van der Waals surface area contributed by atoms with Crippen molar-refractivity contribution in [3.63, 3.8) is 0 Å². The van der Waals surface area contributed by atoms with Gasteiger partial charge in [0.2, 0.25) is 0 Å². The number of anilines is 1. The molecule has 0 bridgehead atoms. The standard InChI is InChI=1S/C9H8BrClN4OS/c10-5-1-2-8(6(11)3-5)16-4-7-9(13-12)17-15-14-7/h1-3,13H,4,12H2. The summed E-state index contributed by atoms with van der Waals surface area (Å²) in [4.78, 5) is 0. The van der Waals surface area contributed by atoms with Crippen molar-refractivity contribution >= 4 is 44.1 Å². The van der Waals surface area contributed by atoms with Crippen LogP contribution in [0.1, 0.15) is 5.69 Å². The van der Waals surface area contributed by atoms with Crippen LogP contribution in [-0.2, 0) is 6.61 Å². The van der Waals surface area contributed by atoms with E-state index in [-0.39, 0.29) is 6.61 Å². The van der Waals surface area contributed by atoms with Gasteiger partial charge in [-0.05, 0) is 18.2 Å². The van der Waals surface area contributed by atoms with Gasteiger partial charge in [0, 0.05) is 16.0 Å². The SMILES string of the molecule is NNc1snnc1COc1ccc(Br)cc1Cl. The van der Waals surface area contributed by atoms with E-state index in [0.29, 0.717) is 21.5 Å². The lowest BCUT2D eigenvalue weighted by Gasteiger charge is -2.07. The molecule has 0 fully saturated rings. The zero-order chi connectivity index (χ0) is 12.3. The van der Waals surface area contributed by atoms with Crippen molar-refractivity contribution < 1.29 is 4.74 Å². The number of nitrogens with one attached hydrogen (secondary N) is 1. The maximum absolute atomic E-state index is 6.01. The molecule has 1 aromatic carbocycles. The Kier molecular flexibility index (Phi) is 4.16. The number of hydrogen-bond acceptors (Lipinski definition) is 6. The number of nitrogens with two attached hydrogens (primary N) is 1. The number of rotatable bonds is 4. The molecule has 5 nitrogen and oxygen atoms in total. The Labute approximate surface area is 115 Å². The molecule has 0 spiro atoms. The summed E-state index contributed by atoms with van der Waals surface area (Å²) < 4.78 is 10.2. The second-order valence-electron chi connectivity index (χ2n) is 3.06. The van der Waals surface area contributed by atoms with Gasteiger partial charge < -0.3 is 10.2 Å². The molecule has 17 heavy (non-hydrogen) atoms. The lowest BCUT2D eigenvalue weighted by Crippen LogP contribution is -2.08. The molecule has 1 heterocycles. The second kappa shape index (κ2) is 5.63. The highest BCUT2D eigenvalue weighted by Crippen LogP contribution is 2.29. The molecule has 2 aromatic rings. The number of benzene rings is 1. The molecular formula is C9H8BrClN4OS. The average Bonchev–Trinajstić information content (AvgIpc) is 2.75.